The van der Waals surface area contributed by atoms with Gasteiger partial charge in [0.15, 0.2) is 0 Å². The Morgan fingerprint density at radius 2 is 1.97 bits per heavy atom. The summed E-state index contributed by atoms with van der Waals surface area (Å²) in [5.74, 6) is 0.303. The van der Waals surface area contributed by atoms with E-state index in [1.807, 2.05) is 6.26 Å². The molecule has 0 atom stereocenters. The average Bonchev–Trinajstić information content (AvgIpc) is 3.29. The number of carbonyl (C=O) groups excluding carboxylic acids is 1. The summed E-state index contributed by atoms with van der Waals surface area (Å²) in [5.41, 5.74) is 0.829. The minimum Gasteiger partial charge on any atom is -0.339 e. The third-order valence-corrected chi connectivity index (χ3v) is 8.55. The van der Waals surface area contributed by atoms with Crippen molar-refractivity contribution in [3.63, 3.8) is 0 Å². The number of rotatable bonds is 9. The van der Waals surface area contributed by atoms with Crippen molar-refractivity contribution in [1.29, 1.82) is 0 Å². The number of carbonyl (C=O) groups is 1. The number of likely N-dealkylation sites (tertiary alicyclic amines) is 1. The van der Waals surface area contributed by atoms with Crippen LogP contribution in [-0.4, -0.2) is 50.9 Å². The molecule has 168 valence electrons. The lowest BCUT2D eigenvalue weighted by atomic mass is 10.2. The molecule has 0 aliphatic carbocycles. The molecule has 0 bridgehead atoms. The summed E-state index contributed by atoms with van der Waals surface area (Å²) in [6, 6.07) is 9.18. The van der Waals surface area contributed by atoms with Gasteiger partial charge >= 0.3 is 0 Å². The van der Waals surface area contributed by atoms with Crippen LogP contribution >= 0.6 is 35.1 Å². The monoisotopic (exact) mass is 502 g/mol. The summed E-state index contributed by atoms with van der Waals surface area (Å²) in [5, 5.41) is 0.358. The van der Waals surface area contributed by atoms with Crippen molar-refractivity contribution < 1.29 is 17.6 Å². The van der Waals surface area contributed by atoms with E-state index < -0.39 is 10.0 Å². The maximum atomic E-state index is 13.8. The average molecular weight is 503 g/mol. The van der Waals surface area contributed by atoms with E-state index in [2.05, 4.69) is 4.72 Å². The summed E-state index contributed by atoms with van der Waals surface area (Å²) in [6.45, 7) is 1.58. The van der Waals surface area contributed by atoms with Crippen molar-refractivity contribution in [3.8, 4) is 0 Å². The third kappa shape index (κ3) is 6.16. The molecule has 31 heavy (non-hydrogen) atoms. The smallest absolute Gasteiger partial charge is 0.255 e. The van der Waals surface area contributed by atoms with Crippen LogP contribution in [0, 0.1) is 5.82 Å². The number of hydrogen-bond donors (Lipinski definition) is 1. The van der Waals surface area contributed by atoms with Crippen LogP contribution in [0.4, 0.5) is 4.39 Å². The SMILES string of the molecule is CSc1ccc(S(=O)(=O)NCCSCc2c(F)cccc2Cl)cc1C(=O)N1CCCC1. The van der Waals surface area contributed by atoms with Crippen LogP contribution in [0.3, 0.4) is 0 Å². The van der Waals surface area contributed by atoms with Gasteiger partial charge in [0.25, 0.3) is 5.91 Å². The number of amides is 1. The van der Waals surface area contributed by atoms with Gasteiger partial charge in [-0.25, -0.2) is 17.5 Å². The Morgan fingerprint density at radius 1 is 1.23 bits per heavy atom. The first kappa shape index (κ1) is 24.4. The predicted octanol–water partition coefficient (Wildman–Crippen LogP) is 4.65. The highest BCUT2D eigenvalue weighted by atomic mass is 35.5. The van der Waals surface area contributed by atoms with Crippen LogP contribution in [0.2, 0.25) is 5.02 Å². The van der Waals surface area contributed by atoms with E-state index in [-0.39, 0.29) is 23.2 Å². The summed E-state index contributed by atoms with van der Waals surface area (Å²) < 4.78 is 41.8. The van der Waals surface area contributed by atoms with Crippen molar-refractivity contribution in [1.82, 2.24) is 9.62 Å². The predicted molar refractivity (Wildman–Crippen MR) is 126 cm³/mol. The highest BCUT2D eigenvalue weighted by molar-refractivity contribution is 7.98. The maximum Gasteiger partial charge on any atom is 0.255 e. The van der Waals surface area contributed by atoms with Crippen LogP contribution in [-0.2, 0) is 15.8 Å². The zero-order valence-corrected chi connectivity index (χ0v) is 20.3. The van der Waals surface area contributed by atoms with Crippen molar-refractivity contribution in [2.24, 2.45) is 0 Å². The van der Waals surface area contributed by atoms with Gasteiger partial charge in [-0.1, -0.05) is 17.7 Å². The van der Waals surface area contributed by atoms with Crippen LogP contribution in [0.25, 0.3) is 0 Å². The van der Waals surface area contributed by atoms with E-state index in [0.717, 1.165) is 17.7 Å². The number of halogens is 2. The van der Waals surface area contributed by atoms with Crippen molar-refractivity contribution in [2.45, 2.75) is 28.4 Å². The lowest BCUT2D eigenvalue weighted by molar-refractivity contribution is 0.0789. The molecule has 1 saturated heterocycles. The quantitative estimate of drug-likeness (QED) is 0.399. The molecule has 3 rings (SSSR count). The van der Waals surface area contributed by atoms with Crippen molar-refractivity contribution in [2.75, 3.05) is 31.6 Å². The summed E-state index contributed by atoms with van der Waals surface area (Å²) >= 11 is 8.81. The topological polar surface area (TPSA) is 66.5 Å². The zero-order chi connectivity index (χ0) is 22.4. The molecule has 1 amide bonds. The van der Waals surface area contributed by atoms with Gasteiger partial charge in [0.2, 0.25) is 10.0 Å². The Hall–Kier alpha value is -1.26. The summed E-state index contributed by atoms with van der Waals surface area (Å²) in [6.07, 6.45) is 3.80. The normalized spacial score (nSPS) is 14.2. The van der Waals surface area contributed by atoms with Gasteiger partial charge in [-0.05, 0) is 49.4 Å². The van der Waals surface area contributed by atoms with E-state index in [1.165, 1.54) is 41.7 Å². The molecular weight excluding hydrogens is 479 g/mol. The summed E-state index contributed by atoms with van der Waals surface area (Å²) in [7, 11) is -3.77. The molecule has 2 aromatic carbocycles. The fourth-order valence-corrected chi connectivity index (χ4v) is 6.24. The molecule has 1 heterocycles. The molecule has 10 heteroatoms. The van der Waals surface area contributed by atoms with Crippen molar-refractivity contribution in [3.05, 3.63) is 58.4 Å². The largest absolute Gasteiger partial charge is 0.339 e. The third-order valence-electron chi connectivity index (χ3n) is 4.95. The summed E-state index contributed by atoms with van der Waals surface area (Å²) in [4.78, 5) is 15.4. The first-order valence-electron chi connectivity index (χ1n) is 9.81. The fourth-order valence-electron chi connectivity index (χ4n) is 3.29. The Morgan fingerprint density at radius 3 is 2.65 bits per heavy atom. The molecule has 5 nitrogen and oxygen atoms in total. The molecular formula is C21H24ClFN2O3S3. The van der Waals surface area contributed by atoms with Gasteiger partial charge in [0.1, 0.15) is 5.82 Å². The lowest BCUT2D eigenvalue weighted by Crippen LogP contribution is -2.29. The van der Waals surface area contributed by atoms with Crippen LogP contribution < -0.4 is 4.72 Å². The van der Waals surface area contributed by atoms with E-state index in [0.29, 0.717) is 40.7 Å². The Balaban J connectivity index is 1.62. The maximum absolute atomic E-state index is 13.8. The molecule has 0 saturated carbocycles. The molecule has 0 unspecified atom stereocenters. The molecule has 1 N–H and O–H groups in total. The van der Waals surface area contributed by atoms with Gasteiger partial charge < -0.3 is 4.90 Å². The van der Waals surface area contributed by atoms with E-state index >= 15 is 0 Å². The van der Waals surface area contributed by atoms with Gasteiger partial charge in [0, 0.05) is 46.6 Å². The lowest BCUT2D eigenvalue weighted by Gasteiger charge is -2.18. The second-order valence-corrected chi connectivity index (χ2v) is 11.1. The highest BCUT2D eigenvalue weighted by Crippen LogP contribution is 2.27. The van der Waals surface area contributed by atoms with E-state index in [4.69, 9.17) is 11.6 Å². The second-order valence-electron chi connectivity index (χ2n) is 7.01. The number of nitrogens with one attached hydrogen (secondary N) is 1. The molecule has 0 aromatic heterocycles. The second kappa shape index (κ2) is 11.0. The van der Waals surface area contributed by atoms with Gasteiger partial charge in [-0.3, -0.25) is 4.79 Å². The number of sulfonamides is 1. The Bertz CT molecular complexity index is 1020. The Kier molecular flexibility index (Phi) is 8.69. The Labute approximate surface area is 196 Å². The van der Waals surface area contributed by atoms with E-state index in [1.54, 1.807) is 23.1 Å². The van der Waals surface area contributed by atoms with Crippen molar-refractivity contribution >= 4 is 51.1 Å². The first-order chi connectivity index (χ1) is 14.8. The van der Waals surface area contributed by atoms with Gasteiger partial charge in [0.05, 0.1) is 10.5 Å². The first-order valence-corrected chi connectivity index (χ1v) is 14.0. The number of thioether (sulfide) groups is 2. The highest BCUT2D eigenvalue weighted by Gasteiger charge is 2.24. The minimum atomic E-state index is -3.77. The standard InChI is InChI=1S/C21H24ClFN2O3S3/c1-29-20-8-7-15(13-16(20)21(26)25-10-2-3-11-25)31(27,28)24-9-12-30-14-17-18(22)5-4-6-19(17)23/h4-8,13,24H,2-3,9-12,14H2,1H3. The van der Waals surface area contributed by atoms with Crippen LogP contribution in [0.1, 0.15) is 28.8 Å². The van der Waals surface area contributed by atoms with Gasteiger partial charge in [-0.15, -0.1) is 11.8 Å². The van der Waals surface area contributed by atoms with Crippen LogP contribution in [0.5, 0.6) is 0 Å². The number of hydrogen-bond acceptors (Lipinski definition) is 5. The zero-order valence-electron chi connectivity index (χ0n) is 17.1. The molecule has 2 aromatic rings. The molecule has 1 aliphatic rings. The van der Waals surface area contributed by atoms with E-state index in [9.17, 15) is 17.6 Å². The number of nitrogens with zero attached hydrogens (tertiary/aromatic N) is 1. The molecule has 0 radical (unpaired) electrons. The molecule has 0 spiro atoms. The number of benzene rings is 2. The minimum absolute atomic E-state index is 0.0648. The molecule has 1 fully saturated rings. The fraction of sp³-hybridized carbons (Fsp3) is 0.381. The van der Waals surface area contributed by atoms with Gasteiger partial charge in [-0.2, -0.15) is 11.8 Å². The van der Waals surface area contributed by atoms with Crippen LogP contribution in [0.15, 0.2) is 46.2 Å². The molecule has 1 aliphatic heterocycles.